The Morgan fingerprint density at radius 3 is 2.74 bits per heavy atom. The smallest absolute Gasteiger partial charge is 0.269 e. The van der Waals surface area contributed by atoms with E-state index in [0.717, 1.165) is 6.42 Å². The monoisotopic (exact) mass is 263 g/mol. The average Bonchev–Trinajstić information content (AvgIpc) is 2.35. The fourth-order valence-electron chi connectivity index (χ4n) is 2.12. The molecular formula is C13H17N3O3. The maximum atomic E-state index is 12.0. The Hall–Kier alpha value is -1.95. The lowest BCUT2D eigenvalue weighted by Crippen LogP contribution is -2.58. The number of nitro groups is 1. The number of non-ortho nitro benzene ring substituents is 1. The van der Waals surface area contributed by atoms with E-state index >= 15 is 0 Å². The summed E-state index contributed by atoms with van der Waals surface area (Å²) in [4.78, 5) is 22.2. The second-order valence-electron chi connectivity index (χ2n) is 5.06. The van der Waals surface area contributed by atoms with Gasteiger partial charge in [-0.3, -0.25) is 14.9 Å². The molecule has 1 aromatic rings. The normalized spacial score (nSPS) is 18.2. The highest BCUT2D eigenvalue weighted by Crippen LogP contribution is 2.30. The van der Waals surface area contributed by atoms with E-state index < -0.39 is 10.5 Å². The van der Waals surface area contributed by atoms with Gasteiger partial charge in [-0.2, -0.15) is 0 Å². The van der Waals surface area contributed by atoms with Crippen molar-refractivity contribution in [3.63, 3.8) is 0 Å². The molecule has 1 saturated carbocycles. The Bertz CT molecular complexity index is 512. The standard InChI is InChI=1S/C13H17N3O3/c1-9(15-12(17)13(14)6-3-7-13)10-4-2-5-11(8-10)16(18)19/h2,4-5,8-9H,3,6-7,14H2,1H3,(H,15,17). The van der Waals surface area contributed by atoms with Gasteiger partial charge in [-0.05, 0) is 31.7 Å². The molecule has 6 nitrogen and oxygen atoms in total. The molecule has 6 heteroatoms. The molecule has 0 radical (unpaired) electrons. The van der Waals surface area contributed by atoms with Crippen molar-refractivity contribution in [3.05, 3.63) is 39.9 Å². The first-order chi connectivity index (χ1) is 8.92. The first kappa shape index (κ1) is 13.5. The summed E-state index contributed by atoms with van der Waals surface area (Å²) < 4.78 is 0. The van der Waals surface area contributed by atoms with Crippen molar-refractivity contribution >= 4 is 11.6 Å². The predicted molar refractivity (Wildman–Crippen MR) is 70.4 cm³/mol. The molecule has 1 aromatic carbocycles. The maximum absolute atomic E-state index is 12.0. The van der Waals surface area contributed by atoms with Crippen LogP contribution >= 0.6 is 0 Å². The van der Waals surface area contributed by atoms with Crippen LogP contribution < -0.4 is 11.1 Å². The van der Waals surface area contributed by atoms with E-state index in [1.54, 1.807) is 19.1 Å². The first-order valence-electron chi connectivity index (χ1n) is 6.26. The van der Waals surface area contributed by atoms with E-state index in [0.29, 0.717) is 18.4 Å². The molecule has 0 aromatic heterocycles. The van der Waals surface area contributed by atoms with Crippen LogP contribution in [-0.2, 0) is 4.79 Å². The summed E-state index contributed by atoms with van der Waals surface area (Å²) >= 11 is 0. The van der Waals surface area contributed by atoms with Gasteiger partial charge >= 0.3 is 0 Å². The molecule has 0 spiro atoms. The summed E-state index contributed by atoms with van der Waals surface area (Å²) in [7, 11) is 0. The second kappa shape index (κ2) is 4.97. The molecule has 0 bridgehead atoms. The van der Waals surface area contributed by atoms with Crippen molar-refractivity contribution in [1.29, 1.82) is 0 Å². The summed E-state index contributed by atoms with van der Waals surface area (Å²) in [5.41, 5.74) is 5.89. The maximum Gasteiger partial charge on any atom is 0.269 e. The van der Waals surface area contributed by atoms with Crippen LogP contribution in [0.15, 0.2) is 24.3 Å². The molecule has 1 atom stereocenters. The highest BCUT2D eigenvalue weighted by atomic mass is 16.6. The molecule has 1 fully saturated rings. The number of carbonyl (C=O) groups is 1. The van der Waals surface area contributed by atoms with E-state index in [9.17, 15) is 14.9 Å². The minimum Gasteiger partial charge on any atom is -0.348 e. The molecule has 3 N–H and O–H groups in total. The van der Waals surface area contributed by atoms with Gasteiger partial charge in [0, 0.05) is 12.1 Å². The van der Waals surface area contributed by atoms with Crippen LogP contribution in [0.4, 0.5) is 5.69 Å². The van der Waals surface area contributed by atoms with Crippen LogP contribution in [-0.4, -0.2) is 16.4 Å². The number of rotatable bonds is 4. The van der Waals surface area contributed by atoms with Crippen molar-refractivity contribution in [2.75, 3.05) is 0 Å². The van der Waals surface area contributed by atoms with Crippen molar-refractivity contribution in [2.45, 2.75) is 37.8 Å². The number of nitro benzene ring substituents is 1. The molecule has 0 saturated heterocycles. The Morgan fingerprint density at radius 1 is 1.53 bits per heavy atom. The zero-order valence-corrected chi connectivity index (χ0v) is 10.8. The number of nitrogens with one attached hydrogen (secondary N) is 1. The largest absolute Gasteiger partial charge is 0.348 e. The minimum absolute atomic E-state index is 0.0182. The second-order valence-corrected chi connectivity index (χ2v) is 5.06. The third-order valence-corrected chi connectivity index (χ3v) is 3.63. The van der Waals surface area contributed by atoms with Crippen LogP contribution in [0.1, 0.15) is 37.8 Å². The Kier molecular flexibility index (Phi) is 3.53. The molecule has 2 rings (SSSR count). The Morgan fingerprint density at radius 2 is 2.21 bits per heavy atom. The van der Waals surface area contributed by atoms with E-state index in [2.05, 4.69) is 5.32 Å². The number of amides is 1. The molecule has 1 aliphatic rings. The summed E-state index contributed by atoms with van der Waals surface area (Å²) in [6, 6.07) is 5.96. The van der Waals surface area contributed by atoms with E-state index in [-0.39, 0.29) is 17.6 Å². The lowest BCUT2D eigenvalue weighted by Gasteiger charge is -2.37. The van der Waals surface area contributed by atoms with Gasteiger partial charge in [0.05, 0.1) is 16.5 Å². The van der Waals surface area contributed by atoms with Crippen LogP contribution in [0.2, 0.25) is 0 Å². The molecular weight excluding hydrogens is 246 g/mol. The van der Waals surface area contributed by atoms with Crippen LogP contribution in [0, 0.1) is 10.1 Å². The quantitative estimate of drug-likeness (QED) is 0.637. The molecule has 1 aliphatic carbocycles. The van der Waals surface area contributed by atoms with Gasteiger partial charge in [0.25, 0.3) is 5.69 Å². The number of nitrogens with two attached hydrogens (primary N) is 1. The molecule has 0 aliphatic heterocycles. The molecule has 1 amide bonds. The number of benzene rings is 1. The molecule has 0 heterocycles. The third kappa shape index (κ3) is 2.73. The Balaban J connectivity index is 2.07. The summed E-state index contributed by atoms with van der Waals surface area (Å²) in [5, 5.41) is 13.5. The fraction of sp³-hybridized carbons (Fsp3) is 0.462. The number of nitrogens with zero attached hydrogens (tertiary/aromatic N) is 1. The van der Waals surface area contributed by atoms with Crippen molar-refractivity contribution < 1.29 is 9.72 Å². The van der Waals surface area contributed by atoms with E-state index in [1.807, 2.05) is 0 Å². The number of hydrogen-bond acceptors (Lipinski definition) is 4. The van der Waals surface area contributed by atoms with Gasteiger partial charge in [0.2, 0.25) is 5.91 Å². The lowest BCUT2D eigenvalue weighted by molar-refractivity contribution is -0.384. The lowest BCUT2D eigenvalue weighted by atomic mass is 9.77. The zero-order valence-electron chi connectivity index (χ0n) is 10.8. The average molecular weight is 263 g/mol. The summed E-state index contributed by atoms with van der Waals surface area (Å²) in [6.07, 6.45) is 2.36. The van der Waals surface area contributed by atoms with Gasteiger partial charge in [0.15, 0.2) is 0 Å². The zero-order chi connectivity index (χ0) is 14.0. The highest BCUT2D eigenvalue weighted by Gasteiger charge is 2.40. The van der Waals surface area contributed by atoms with Gasteiger partial charge in [0.1, 0.15) is 0 Å². The van der Waals surface area contributed by atoms with Crippen molar-refractivity contribution in [1.82, 2.24) is 5.32 Å². The predicted octanol–water partition coefficient (Wildman–Crippen LogP) is 1.65. The molecule has 1 unspecified atom stereocenters. The van der Waals surface area contributed by atoms with Gasteiger partial charge in [-0.25, -0.2) is 0 Å². The van der Waals surface area contributed by atoms with E-state index in [4.69, 9.17) is 5.73 Å². The Labute approximate surface area is 111 Å². The fourth-order valence-corrected chi connectivity index (χ4v) is 2.12. The van der Waals surface area contributed by atoms with Crippen LogP contribution in [0.3, 0.4) is 0 Å². The summed E-state index contributed by atoms with van der Waals surface area (Å²) in [6.45, 7) is 1.79. The van der Waals surface area contributed by atoms with Crippen molar-refractivity contribution in [3.8, 4) is 0 Å². The van der Waals surface area contributed by atoms with Crippen LogP contribution in [0.25, 0.3) is 0 Å². The highest BCUT2D eigenvalue weighted by molar-refractivity contribution is 5.87. The molecule has 19 heavy (non-hydrogen) atoms. The SMILES string of the molecule is CC(NC(=O)C1(N)CCC1)c1cccc([N+](=O)[O-])c1. The van der Waals surface area contributed by atoms with Gasteiger partial charge in [-0.15, -0.1) is 0 Å². The first-order valence-corrected chi connectivity index (χ1v) is 6.26. The number of carbonyl (C=O) groups excluding carboxylic acids is 1. The van der Waals surface area contributed by atoms with E-state index in [1.165, 1.54) is 12.1 Å². The van der Waals surface area contributed by atoms with Gasteiger partial charge < -0.3 is 11.1 Å². The van der Waals surface area contributed by atoms with Gasteiger partial charge in [-0.1, -0.05) is 12.1 Å². The topological polar surface area (TPSA) is 98.3 Å². The van der Waals surface area contributed by atoms with Crippen LogP contribution in [0.5, 0.6) is 0 Å². The third-order valence-electron chi connectivity index (χ3n) is 3.63. The summed E-state index contributed by atoms with van der Waals surface area (Å²) in [5.74, 6) is -0.183. The molecule has 102 valence electrons. The minimum atomic E-state index is -0.755. The number of hydrogen-bond donors (Lipinski definition) is 2. The van der Waals surface area contributed by atoms with Crippen molar-refractivity contribution in [2.24, 2.45) is 5.73 Å².